The number of rotatable bonds is 7. The summed E-state index contributed by atoms with van der Waals surface area (Å²) in [5.41, 5.74) is 0.766. The Labute approximate surface area is 179 Å². The van der Waals surface area contributed by atoms with Gasteiger partial charge in [-0.1, -0.05) is 12.1 Å². The summed E-state index contributed by atoms with van der Waals surface area (Å²) in [6.07, 6.45) is 1.92. The lowest BCUT2D eigenvalue weighted by atomic mass is 10.2. The van der Waals surface area contributed by atoms with Crippen LogP contribution in [0.3, 0.4) is 0 Å². The molecular weight excluding hydrogens is 400 g/mol. The first-order valence-electron chi connectivity index (χ1n) is 9.98. The maximum absolute atomic E-state index is 13.0. The van der Waals surface area contributed by atoms with Crippen LogP contribution in [0.2, 0.25) is 0 Å². The molecular formula is C23H24N2O4S. The number of aryl methyl sites for hydroxylation is 1. The zero-order valence-corrected chi connectivity index (χ0v) is 17.7. The molecule has 6 nitrogen and oxygen atoms in total. The fraction of sp³-hybridized carbons (Fsp3) is 0.304. The molecule has 156 valence electrons. The van der Waals surface area contributed by atoms with Crippen LogP contribution in [0.5, 0.6) is 5.75 Å². The second kappa shape index (κ2) is 9.17. The van der Waals surface area contributed by atoms with E-state index in [4.69, 9.17) is 9.15 Å². The van der Waals surface area contributed by atoms with Gasteiger partial charge in [0.1, 0.15) is 18.1 Å². The third kappa shape index (κ3) is 4.74. The highest BCUT2D eigenvalue weighted by Gasteiger charge is 2.25. The number of furan rings is 1. The lowest BCUT2D eigenvalue weighted by Gasteiger charge is -2.29. The molecule has 0 bridgehead atoms. The molecule has 1 aromatic carbocycles. The zero-order valence-electron chi connectivity index (χ0n) is 16.9. The van der Waals surface area contributed by atoms with Crippen LogP contribution in [0.4, 0.5) is 5.69 Å². The second-order valence-electron chi connectivity index (χ2n) is 7.20. The summed E-state index contributed by atoms with van der Waals surface area (Å²) >= 11 is 1.67. The van der Waals surface area contributed by atoms with Crippen molar-refractivity contribution in [1.29, 1.82) is 0 Å². The number of thiophene rings is 1. The molecule has 0 radical (unpaired) electrons. The molecule has 2 aromatic heterocycles. The van der Waals surface area contributed by atoms with Gasteiger partial charge in [0.05, 0.1) is 31.6 Å². The summed E-state index contributed by atoms with van der Waals surface area (Å²) in [5, 5.41) is 0. The van der Waals surface area contributed by atoms with Crippen molar-refractivity contribution in [1.82, 2.24) is 4.90 Å². The topological polar surface area (TPSA) is 63.0 Å². The van der Waals surface area contributed by atoms with Crippen molar-refractivity contribution in [3.8, 4) is 5.75 Å². The summed E-state index contributed by atoms with van der Waals surface area (Å²) in [6, 6.07) is 15.3. The Bertz CT molecular complexity index is 1010. The number of hydrogen-bond acceptors (Lipinski definition) is 5. The first-order chi connectivity index (χ1) is 14.6. The third-order valence-corrected chi connectivity index (χ3v) is 5.99. The Hall–Kier alpha value is -3.06. The number of fused-ring (bicyclic) bond motifs is 1. The van der Waals surface area contributed by atoms with E-state index < -0.39 is 0 Å². The van der Waals surface area contributed by atoms with E-state index >= 15 is 0 Å². The normalized spacial score (nSPS) is 12.9. The minimum atomic E-state index is -0.0657. The highest BCUT2D eigenvalue weighted by Crippen LogP contribution is 2.31. The summed E-state index contributed by atoms with van der Waals surface area (Å²) in [5.74, 6) is 1.30. The van der Waals surface area contributed by atoms with E-state index in [1.807, 2.05) is 49.4 Å². The summed E-state index contributed by atoms with van der Waals surface area (Å²) in [7, 11) is 0. The predicted octanol–water partition coefficient (Wildman–Crippen LogP) is 4.38. The van der Waals surface area contributed by atoms with E-state index in [-0.39, 0.29) is 24.7 Å². The first kappa shape index (κ1) is 20.2. The van der Waals surface area contributed by atoms with E-state index in [0.717, 1.165) is 16.3 Å². The van der Waals surface area contributed by atoms with Crippen LogP contribution in [0, 0.1) is 6.92 Å². The number of hydrogen-bond donors (Lipinski definition) is 0. The monoisotopic (exact) mass is 424 g/mol. The van der Waals surface area contributed by atoms with Gasteiger partial charge in [0.2, 0.25) is 11.8 Å². The van der Waals surface area contributed by atoms with E-state index in [0.29, 0.717) is 32.0 Å². The SMILES string of the molecule is Cc1ccc(CN(Cc2ccco2)C(=O)CCC(=O)N2CCOc3ccccc32)s1. The molecule has 3 heterocycles. The van der Waals surface area contributed by atoms with Gasteiger partial charge in [-0.3, -0.25) is 9.59 Å². The van der Waals surface area contributed by atoms with Gasteiger partial charge in [0, 0.05) is 22.6 Å². The fourth-order valence-electron chi connectivity index (χ4n) is 3.52. The van der Waals surface area contributed by atoms with Crippen LogP contribution in [-0.2, 0) is 22.7 Å². The second-order valence-corrected chi connectivity index (χ2v) is 8.58. The van der Waals surface area contributed by atoms with Crippen LogP contribution in [0.1, 0.15) is 28.4 Å². The quantitative estimate of drug-likeness (QED) is 0.565. The lowest BCUT2D eigenvalue weighted by molar-refractivity contribution is -0.134. The number of benzene rings is 1. The van der Waals surface area contributed by atoms with Gasteiger partial charge < -0.3 is 19.0 Å². The van der Waals surface area contributed by atoms with Crippen molar-refractivity contribution >= 4 is 28.8 Å². The molecule has 7 heteroatoms. The van der Waals surface area contributed by atoms with Crippen molar-refractivity contribution in [2.45, 2.75) is 32.9 Å². The van der Waals surface area contributed by atoms with E-state index in [2.05, 4.69) is 6.07 Å². The highest BCUT2D eigenvalue weighted by atomic mass is 32.1. The van der Waals surface area contributed by atoms with Gasteiger partial charge in [0.15, 0.2) is 0 Å². The van der Waals surface area contributed by atoms with Crippen molar-refractivity contribution in [2.75, 3.05) is 18.1 Å². The van der Waals surface area contributed by atoms with E-state index in [9.17, 15) is 9.59 Å². The summed E-state index contributed by atoms with van der Waals surface area (Å²) < 4.78 is 11.1. The van der Waals surface area contributed by atoms with Crippen molar-refractivity contribution in [3.63, 3.8) is 0 Å². The minimum absolute atomic E-state index is 0.0626. The number of ether oxygens (including phenoxy) is 1. The van der Waals surface area contributed by atoms with Gasteiger partial charge in [-0.25, -0.2) is 0 Å². The average molecular weight is 425 g/mol. The molecule has 0 saturated carbocycles. The van der Waals surface area contributed by atoms with Crippen molar-refractivity contribution in [2.24, 2.45) is 0 Å². The molecule has 0 N–H and O–H groups in total. The maximum atomic E-state index is 13.0. The number of amides is 2. The molecule has 0 unspecified atom stereocenters. The first-order valence-corrected chi connectivity index (χ1v) is 10.8. The molecule has 0 aliphatic carbocycles. The van der Waals surface area contributed by atoms with Gasteiger partial charge >= 0.3 is 0 Å². The Morgan fingerprint density at radius 3 is 2.70 bits per heavy atom. The van der Waals surface area contributed by atoms with Crippen LogP contribution in [0.25, 0.3) is 0 Å². The molecule has 0 atom stereocenters. The Morgan fingerprint density at radius 2 is 1.93 bits per heavy atom. The fourth-order valence-corrected chi connectivity index (χ4v) is 4.42. The molecule has 1 aliphatic heterocycles. The van der Waals surface area contributed by atoms with Gasteiger partial charge in [-0.15, -0.1) is 11.3 Å². The minimum Gasteiger partial charge on any atom is -0.490 e. The summed E-state index contributed by atoms with van der Waals surface area (Å²) in [4.78, 5) is 31.6. The number of para-hydroxylation sites is 2. The van der Waals surface area contributed by atoms with Gasteiger partial charge in [-0.2, -0.15) is 0 Å². The number of carbonyl (C=O) groups excluding carboxylic acids is 2. The molecule has 30 heavy (non-hydrogen) atoms. The lowest BCUT2D eigenvalue weighted by Crippen LogP contribution is -2.38. The smallest absolute Gasteiger partial charge is 0.227 e. The molecule has 0 fully saturated rings. The Morgan fingerprint density at radius 1 is 1.07 bits per heavy atom. The maximum Gasteiger partial charge on any atom is 0.227 e. The highest BCUT2D eigenvalue weighted by molar-refractivity contribution is 7.11. The van der Waals surface area contributed by atoms with Gasteiger partial charge in [-0.05, 0) is 43.3 Å². The molecule has 0 saturated heterocycles. The zero-order chi connectivity index (χ0) is 20.9. The molecule has 2 amide bonds. The average Bonchev–Trinajstić information content (AvgIpc) is 3.42. The Balaban J connectivity index is 1.41. The third-order valence-electron chi connectivity index (χ3n) is 5.00. The van der Waals surface area contributed by atoms with Crippen LogP contribution in [0.15, 0.2) is 59.2 Å². The summed E-state index contributed by atoms with van der Waals surface area (Å²) in [6.45, 7) is 3.89. The number of carbonyl (C=O) groups is 2. The van der Waals surface area contributed by atoms with Crippen LogP contribution < -0.4 is 9.64 Å². The largest absolute Gasteiger partial charge is 0.490 e. The molecule has 3 aromatic rings. The van der Waals surface area contributed by atoms with Crippen molar-refractivity contribution in [3.05, 3.63) is 70.3 Å². The molecule has 0 spiro atoms. The van der Waals surface area contributed by atoms with E-state index in [1.165, 1.54) is 4.88 Å². The van der Waals surface area contributed by atoms with Gasteiger partial charge in [0.25, 0.3) is 0 Å². The standard InChI is InChI=1S/C23H24N2O4S/c1-17-8-9-19(30-17)16-24(15-18-5-4-13-28-18)22(26)10-11-23(27)25-12-14-29-21-7-3-2-6-20(21)25/h2-9,13H,10-12,14-16H2,1H3. The Kier molecular flexibility index (Phi) is 6.18. The predicted molar refractivity (Wildman–Crippen MR) is 116 cm³/mol. The number of anilines is 1. The molecule has 4 rings (SSSR count). The van der Waals surface area contributed by atoms with E-state index in [1.54, 1.807) is 27.4 Å². The molecule has 1 aliphatic rings. The number of nitrogens with zero attached hydrogens (tertiary/aromatic N) is 2. The van der Waals surface area contributed by atoms with Crippen LogP contribution in [-0.4, -0.2) is 29.9 Å². The van der Waals surface area contributed by atoms with Crippen molar-refractivity contribution < 1.29 is 18.7 Å². The van der Waals surface area contributed by atoms with Crippen LogP contribution >= 0.6 is 11.3 Å².